The van der Waals surface area contributed by atoms with Crippen LogP contribution in [-0.2, 0) is 20.2 Å². The van der Waals surface area contributed by atoms with Crippen LogP contribution in [0.2, 0.25) is 0 Å². The van der Waals surface area contributed by atoms with Crippen LogP contribution in [0.15, 0.2) is 60.7 Å². The number of piperidine rings is 1. The van der Waals surface area contributed by atoms with Gasteiger partial charge in [-0.1, -0.05) is 37.3 Å². The Morgan fingerprint density at radius 1 is 1.02 bits per heavy atom. The molecule has 3 aromatic carbocycles. The van der Waals surface area contributed by atoms with Crippen LogP contribution in [0.5, 0.6) is 5.75 Å². The SMILES string of the molecule is COc1cc(C(=O)N2CC3CCC2[C@@H]3C)cc2nc(-c3cc4ccc(-c5cccc(CO)c5)cc4n3CC3CC3)n(C)c12. The maximum atomic E-state index is 13.8. The first-order chi connectivity index (χ1) is 20.9. The van der Waals surface area contributed by atoms with Gasteiger partial charge in [0.2, 0.25) is 0 Å². The molecule has 220 valence electrons. The van der Waals surface area contributed by atoms with E-state index in [1.54, 1.807) is 7.11 Å². The van der Waals surface area contributed by atoms with Gasteiger partial charge in [0.05, 0.1) is 24.9 Å². The van der Waals surface area contributed by atoms with E-state index in [0.29, 0.717) is 35.1 Å². The van der Waals surface area contributed by atoms with Crippen LogP contribution in [0.3, 0.4) is 0 Å². The number of benzene rings is 3. The molecule has 1 amide bonds. The zero-order valence-corrected chi connectivity index (χ0v) is 25.1. The Hall–Kier alpha value is -4.10. The molecule has 43 heavy (non-hydrogen) atoms. The predicted molar refractivity (Wildman–Crippen MR) is 169 cm³/mol. The number of aliphatic hydroxyl groups is 1. The van der Waals surface area contributed by atoms with E-state index in [1.807, 2.05) is 31.3 Å². The van der Waals surface area contributed by atoms with E-state index >= 15 is 0 Å². The van der Waals surface area contributed by atoms with Gasteiger partial charge in [0.25, 0.3) is 5.91 Å². The number of carbonyl (C=O) groups excluding carboxylic acids is 1. The number of hydrogen-bond donors (Lipinski definition) is 1. The minimum atomic E-state index is 0.0278. The van der Waals surface area contributed by atoms with Crippen molar-refractivity contribution in [3.63, 3.8) is 0 Å². The molecule has 1 saturated heterocycles. The van der Waals surface area contributed by atoms with E-state index in [-0.39, 0.29) is 12.5 Å². The Morgan fingerprint density at radius 3 is 2.58 bits per heavy atom. The number of imidazole rings is 1. The number of methoxy groups -OCH3 is 1. The lowest BCUT2D eigenvalue weighted by molar-refractivity contribution is 0.0696. The molecule has 2 saturated carbocycles. The third kappa shape index (κ3) is 4.27. The summed E-state index contributed by atoms with van der Waals surface area (Å²) in [6.07, 6.45) is 4.82. The summed E-state index contributed by atoms with van der Waals surface area (Å²) in [6, 6.07) is 21.2. The van der Waals surface area contributed by atoms with Crippen molar-refractivity contribution in [2.75, 3.05) is 13.7 Å². The Kier molecular flexibility index (Phi) is 6.16. The largest absolute Gasteiger partial charge is 0.494 e. The minimum absolute atomic E-state index is 0.0278. The van der Waals surface area contributed by atoms with Crippen molar-refractivity contribution in [3.05, 3.63) is 71.8 Å². The second-order valence-corrected chi connectivity index (χ2v) is 13.0. The van der Waals surface area contributed by atoms with Crippen LogP contribution >= 0.6 is 0 Å². The topological polar surface area (TPSA) is 72.5 Å². The normalized spacial score (nSPS) is 21.4. The predicted octanol–water partition coefficient (Wildman–Crippen LogP) is 6.64. The summed E-state index contributed by atoms with van der Waals surface area (Å²) in [6.45, 7) is 4.12. The Morgan fingerprint density at radius 2 is 1.86 bits per heavy atom. The second-order valence-electron chi connectivity index (χ2n) is 13.0. The molecule has 7 nitrogen and oxygen atoms in total. The quantitative estimate of drug-likeness (QED) is 0.236. The van der Waals surface area contributed by atoms with E-state index in [0.717, 1.165) is 58.8 Å². The Balaban J connectivity index is 1.24. The number of aliphatic hydroxyl groups excluding tert-OH is 1. The average molecular weight is 575 g/mol. The van der Waals surface area contributed by atoms with Gasteiger partial charge in [-0.15, -0.1) is 0 Å². The van der Waals surface area contributed by atoms with Crippen molar-refractivity contribution in [2.45, 2.75) is 51.8 Å². The fraction of sp³-hybridized carbons (Fsp3) is 0.389. The fourth-order valence-electron chi connectivity index (χ4n) is 7.75. The van der Waals surface area contributed by atoms with Crippen molar-refractivity contribution in [3.8, 4) is 28.4 Å². The summed E-state index contributed by atoms with van der Waals surface area (Å²) in [5.41, 5.74) is 7.72. The molecule has 2 unspecified atom stereocenters. The molecular formula is C36H38N4O3. The van der Waals surface area contributed by atoms with Gasteiger partial charge in [-0.2, -0.15) is 0 Å². The van der Waals surface area contributed by atoms with Crippen molar-refractivity contribution in [2.24, 2.45) is 24.8 Å². The molecule has 7 heteroatoms. The highest BCUT2D eigenvalue weighted by molar-refractivity contribution is 6.00. The van der Waals surface area contributed by atoms with Gasteiger partial charge in [0, 0.05) is 42.6 Å². The van der Waals surface area contributed by atoms with Crippen molar-refractivity contribution >= 4 is 27.8 Å². The van der Waals surface area contributed by atoms with Gasteiger partial charge in [-0.05, 0) is 90.5 Å². The van der Waals surface area contributed by atoms with E-state index in [4.69, 9.17) is 9.72 Å². The highest BCUT2D eigenvalue weighted by Crippen LogP contribution is 2.44. The van der Waals surface area contributed by atoms with E-state index < -0.39 is 0 Å². The van der Waals surface area contributed by atoms with Crippen LogP contribution in [0.4, 0.5) is 0 Å². The number of nitrogens with zero attached hydrogens (tertiary/aromatic N) is 4. The fourth-order valence-corrected chi connectivity index (χ4v) is 7.75. The summed E-state index contributed by atoms with van der Waals surface area (Å²) in [4.78, 5) is 21.0. The Labute approximate surface area is 251 Å². The molecule has 0 spiro atoms. The molecule has 1 N–H and O–H groups in total. The van der Waals surface area contributed by atoms with Crippen molar-refractivity contribution < 1.29 is 14.6 Å². The van der Waals surface area contributed by atoms with Crippen LogP contribution < -0.4 is 4.74 Å². The number of aromatic nitrogens is 3. The van der Waals surface area contributed by atoms with Crippen LogP contribution in [0, 0.1) is 17.8 Å². The van der Waals surface area contributed by atoms with E-state index in [2.05, 4.69) is 57.4 Å². The number of aryl methyl sites for hydroxylation is 1. The third-order valence-corrected chi connectivity index (χ3v) is 10.4. The summed E-state index contributed by atoms with van der Waals surface area (Å²) in [5.74, 6) is 3.49. The molecule has 3 aliphatic rings. The van der Waals surface area contributed by atoms with E-state index in [9.17, 15) is 9.90 Å². The van der Waals surface area contributed by atoms with Gasteiger partial charge in [-0.25, -0.2) is 4.98 Å². The molecule has 8 rings (SSSR count). The summed E-state index contributed by atoms with van der Waals surface area (Å²) < 4.78 is 10.4. The first-order valence-corrected chi connectivity index (χ1v) is 15.6. The third-order valence-electron chi connectivity index (χ3n) is 10.4. The van der Waals surface area contributed by atoms with Crippen LogP contribution in [0.1, 0.15) is 48.5 Å². The molecular weight excluding hydrogens is 536 g/mol. The maximum absolute atomic E-state index is 13.8. The molecule has 0 radical (unpaired) electrons. The molecule has 2 aromatic heterocycles. The summed E-state index contributed by atoms with van der Waals surface area (Å²) >= 11 is 0. The standard InChI is InChI=1S/C36H38N4O3/c1-21-27-11-12-30(21)40(19-27)36(42)28-14-29-34(33(17-28)43-3)38(2)35(37-29)32-16-26-10-9-25(24-6-4-5-23(13-24)20-41)15-31(26)39(32)18-22-7-8-22/h4-6,9-10,13-17,21-22,27,30,41H,7-8,11-12,18-20H2,1-3H3/t21-,27?,30?/m1/s1. The van der Waals surface area contributed by atoms with E-state index in [1.165, 1.54) is 30.2 Å². The first-order valence-electron chi connectivity index (χ1n) is 15.6. The molecule has 2 bridgehead atoms. The number of rotatable bonds is 7. The highest BCUT2D eigenvalue weighted by Gasteiger charge is 2.46. The Bertz CT molecular complexity index is 1900. The van der Waals surface area contributed by atoms with Gasteiger partial charge in [0.15, 0.2) is 5.82 Å². The van der Waals surface area contributed by atoms with Crippen LogP contribution in [-0.4, -0.2) is 49.7 Å². The zero-order valence-electron chi connectivity index (χ0n) is 25.1. The van der Waals surface area contributed by atoms with Gasteiger partial charge in [0.1, 0.15) is 11.3 Å². The van der Waals surface area contributed by atoms with Crippen LogP contribution in [0.25, 0.3) is 44.6 Å². The first kappa shape index (κ1) is 26.5. The number of ether oxygens (including phenoxy) is 1. The molecule has 3 heterocycles. The zero-order chi connectivity index (χ0) is 29.4. The number of carbonyl (C=O) groups is 1. The number of amides is 1. The number of fused-ring (bicyclic) bond motifs is 4. The minimum Gasteiger partial charge on any atom is -0.494 e. The lowest BCUT2D eigenvalue weighted by atomic mass is 10.0. The van der Waals surface area contributed by atoms with Crippen molar-refractivity contribution in [1.82, 2.24) is 19.0 Å². The highest BCUT2D eigenvalue weighted by atomic mass is 16.5. The van der Waals surface area contributed by atoms with Gasteiger partial charge < -0.3 is 23.9 Å². The van der Waals surface area contributed by atoms with Gasteiger partial charge in [-0.3, -0.25) is 4.79 Å². The molecule has 5 aromatic rings. The molecule has 1 aliphatic heterocycles. The molecule has 2 aliphatic carbocycles. The summed E-state index contributed by atoms with van der Waals surface area (Å²) in [7, 11) is 3.72. The van der Waals surface area contributed by atoms with Crippen molar-refractivity contribution in [1.29, 1.82) is 0 Å². The maximum Gasteiger partial charge on any atom is 0.254 e. The molecule has 3 fully saturated rings. The average Bonchev–Trinajstić information content (AvgIpc) is 3.44. The lowest BCUT2D eigenvalue weighted by Gasteiger charge is -2.27. The number of hydrogen-bond acceptors (Lipinski definition) is 4. The van der Waals surface area contributed by atoms with Gasteiger partial charge >= 0.3 is 0 Å². The smallest absolute Gasteiger partial charge is 0.254 e. The second kappa shape index (κ2) is 9.98. The molecule has 3 atom stereocenters. The number of likely N-dealkylation sites (tertiary alicyclic amines) is 1. The monoisotopic (exact) mass is 574 g/mol. The lowest BCUT2D eigenvalue weighted by Crippen LogP contribution is -2.38. The summed E-state index contributed by atoms with van der Waals surface area (Å²) in [5, 5.41) is 10.8.